The van der Waals surface area contributed by atoms with E-state index in [0.717, 1.165) is 13.1 Å². The highest BCUT2D eigenvalue weighted by molar-refractivity contribution is 5.89. The lowest BCUT2D eigenvalue weighted by Gasteiger charge is -2.36. The largest absolute Gasteiger partial charge is 0.493 e. The molecule has 26 heavy (non-hydrogen) atoms. The Morgan fingerprint density at radius 2 is 1.81 bits per heavy atom. The van der Waals surface area contributed by atoms with Gasteiger partial charge in [0.1, 0.15) is 5.52 Å². The fraction of sp³-hybridized carbons (Fsp3) is 0.556. The van der Waals surface area contributed by atoms with Gasteiger partial charge in [-0.3, -0.25) is 9.36 Å². The molecule has 1 fully saturated rings. The number of hydrogen-bond acceptors (Lipinski definition) is 7. The lowest BCUT2D eigenvalue weighted by Crippen LogP contribution is -2.47. The summed E-state index contributed by atoms with van der Waals surface area (Å²) in [5, 5.41) is 11.2. The molecule has 8 nitrogen and oxygen atoms in total. The number of nitrogens with zero attached hydrogens (tertiary/aromatic N) is 3. The van der Waals surface area contributed by atoms with Gasteiger partial charge in [-0.25, -0.2) is 4.98 Å². The summed E-state index contributed by atoms with van der Waals surface area (Å²) >= 11 is 0. The Hall–Kier alpha value is -2.32. The minimum Gasteiger partial charge on any atom is -0.493 e. The summed E-state index contributed by atoms with van der Waals surface area (Å²) in [6.45, 7) is 1.80. The third-order valence-corrected chi connectivity index (χ3v) is 5.00. The van der Waals surface area contributed by atoms with Crippen LogP contribution in [0.25, 0.3) is 10.9 Å². The molecule has 1 N–H and O–H groups in total. The van der Waals surface area contributed by atoms with Crippen LogP contribution in [0.5, 0.6) is 17.2 Å². The molecule has 0 bridgehead atoms. The van der Waals surface area contributed by atoms with Crippen molar-refractivity contribution in [1.82, 2.24) is 14.5 Å². The predicted molar refractivity (Wildman–Crippen MR) is 97.3 cm³/mol. The van der Waals surface area contributed by atoms with Crippen molar-refractivity contribution in [2.24, 2.45) is 0 Å². The molecule has 1 aromatic heterocycles. The number of aliphatic hydroxyl groups is 1. The van der Waals surface area contributed by atoms with Gasteiger partial charge < -0.3 is 24.2 Å². The fourth-order valence-electron chi connectivity index (χ4n) is 3.39. The third kappa shape index (κ3) is 3.22. The van der Waals surface area contributed by atoms with E-state index in [-0.39, 0.29) is 12.1 Å². The molecule has 3 rings (SSSR count). The molecule has 1 aromatic carbocycles. The van der Waals surface area contributed by atoms with Gasteiger partial charge in [-0.05, 0) is 26.0 Å². The van der Waals surface area contributed by atoms with Gasteiger partial charge in [0.2, 0.25) is 5.75 Å². The normalized spacial score (nSPS) is 17.3. The van der Waals surface area contributed by atoms with Crippen LogP contribution in [0.1, 0.15) is 12.8 Å². The summed E-state index contributed by atoms with van der Waals surface area (Å²) < 4.78 is 17.5. The zero-order chi connectivity index (χ0) is 18.9. The van der Waals surface area contributed by atoms with Crippen molar-refractivity contribution in [3.63, 3.8) is 0 Å². The lowest BCUT2D eigenvalue weighted by molar-refractivity contribution is -0.0298. The number of aromatic nitrogens is 2. The number of methoxy groups -OCH3 is 3. The van der Waals surface area contributed by atoms with Crippen LogP contribution in [0.15, 0.2) is 17.2 Å². The van der Waals surface area contributed by atoms with E-state index in [1.165, 1.54) is 32.2 Å². The Bertz CT molecular complexity index is 856. The van der Waals surface area contributed by atoms with Gasteiger partial charge in [-0.15, -0.1) is 0 Å². The molecule has 2 aromatic rings. The van der Waals surface area contributed by atoms with Crippen LogP contribution in [-0.2, 0) is 6.54 Å². The van der Waals surface area contributed by atoms with Gasteiger partial charge in [0.15, 0.2) is 11.5 Å². The highest BCUT2D eigenvalue weighted by atomic mass is 16.5. The van der Waals surface area contributed by atoms with Crippen molar-refractivity contribution < 1.29 is 19.3 Å². The first kappa shape index (κ1) is 18.5. The second-order valence-corrected chi connectivity index (χ2v) is 6.75. The molecule has 0 aliphatic carbocycles. The first-order valence-corrected chi connectivity index (χ1v) is 8.51. The van der Waals surface area contributed by atoms with E-state index in [2.05, 4.69) is 9.88 Å². The third-order valence-electron chi connectivity index (χ3n) is 5.00. The molecule has 8 heteroatoms. The molecular weight excluding hydrogens is 338 g/mol. The van der Waals surface area contributed by atoms with Crippen LogP contribution in [0.2, 0.25) is 0 Å². The molecule has 2 heterocycles. The Morgan fingerprint density at radius 1 is 1.15 bits per heavy atom. The first-order valence-electron chi connectivity index (χ1n) is 8.51. The Balaban J connectivity index is 2.07. The summed E-state index contributed by atoms with van der Waals surface area (Å²) in [4.78, 5) is 19.5. The van der Waals surface area contributed by atoms with Crippen molar-refractivity contribution in [1.29, 1.82) is 0 Å². The van der Waals surface area contributed by atoms with Crippen LogP contribution < -0.4 is 19.8 Å². The number of likely N-dealkylation sites (tertiary alicyclic amines) is 1. The van der Waals surface area contributed by atoms with Gasteiger partial charge in [0.05, 0.1) is 45.2 Å². The number of hydrogen-bond donors (Lipinski definition) is 1. The van der Waals surface area contributed by atoms with E-state index in [9.17, 15) is 9.90 Å². The quantitative estimate of drug-likeness (QED) is 0.844. The maximum Gasteiger partial charge on any atom is 0.261 e. The number of ether oxygens (including phenoxy) is 3. The second-order valence-electron chi connectivity index (χ2n) is 6.75. The monoisotopic (exact) mass is 363 g/mol. The van der Waals surface area contributed by atoms with Gasteiger partial charge in [-0.2, -0.15) is 0 Å². The van der Waals surface area contributed by atoms with E-state index in [4.69, 9.17) is 14.2 Å². The number of benzene rings is 1. The summed E-state index contributed by atoms with van der Waals surface area (Å²) in [5.74, 6) is 1.14. The summed E-state index contributed by atoms with van der Waals surface area (Å²) in [7, 11) is 6.52. The van der Waals surface area contributed by atoms with Gasteiger partial charge >= 0.3 is 0 Å². The average Bonchev–Trinajstić information content (AvgIpc) is 2.65. The molecule has 0 radical (unpaired) electrons. The molecule has 0 saturated carbocycles. The molecule has 1 aliphatic heterocycles. The zero-order valence-corrected chi connectivity index (χ0v) is 15.6. The van der Waals surface area contributed by atoms with Crippen LogP contribution in [-0.4, -0.2) is 66.6 Å². The fourth-order valence-corrected chi connectivity index (χ4v) is 3.39. The van der Waals surface area contributed by atoms with E-state index >= 15 is 0 Å². The van der Waals surface area contributed by atoms with Crippen molar-refractivity contribution >= 4 is 10.9 Å². The molecule has 0 amide bonds. The van der Waals surface area contributed by atoms with Gasteiger partial charge in [0.25, 0.3) is 5.56 Å². The Labute approximate surface area is 151 Å². The van der Waals surface area contributed by atoms with E-state index < -0.39 is 5.60 Å². The molecule has 0 unspecified atom stereocenters. The highest BCUT2D eigenvalue weighted by Gasteiger charge is 2.32. The van der Waals surface area contributed by atoms with Crippen molar-refractivity contribution in [2.75, 3.05) is 41.5 Å². The summed E-state index contributed by atoms with van der Waals surface area (Å²) in [6, 6.07) is 1.60. The number of fused-ring (bicyclic) bond motifs is 1. The molecule has 0 atom stereocenters. The number of piperidine rings is 1. The smallest absolute Gasteiger partial charge is 0.261 e. The van der Waals surface area contributed by atoms with Crippen molar-refractivity contribution in [3.8, 4) is 17.2 Å². The zero-order valence-electron chi connectivity index (χ0n) is 15.6. The second kappa shape index (κ2) is 7.13. The maximum absolute atomic E-state index is 13.0. The molecule has 1 saturated heterocycles. The van der Waals surface area contributed by atoms with E-state index in [1.54, 1.807) is 6.07 Å². The van der Waals surface area contributed by atoms with Crippen LogP contribution >= 0.6 is 0 Å². The van der Waals surface area contributed by atoms with Gasteiger partial charge in [0, 0.05) is 13.1 Å². The summed E-state index contributed by atoms with van der Waals surface area (Å²) in [5.41, 5.74) is -0.754. The van der Waals surface area contributed by atoms with E-state index in [0.29, 0.717) is 41.0 Å². The highest BCUT2D eigenvalue weighted by Crippen LogP contribution is 2.41. The summed E-state index contributed by atoms with van der Waals surface area (Å²) in [6.07, 6.45) is 2.68. The van der Waals surface area contributed by atoms with Crippen LogP contribution in [0.3, 0.4) is 0 Å². The van der Waals surface area contributed by atoms with E-state index in [1.807, 2.05) is 7.05 Å². The molecule has 1 aliphatic rings. The maximum atomic E-state index is 13.0. The van der Waals surface area contributed by atoms with Crippen LogP contribution in [0, 0.1) is 0 Å². The van der Waals surface area contributed by atoms with Gasteiger partial charge in [-0.1, -0.05) is 0 Å². The topological polar surface area (TPSA) is 86.1 Å². The SMILES string of the molecule is COc1cc2c(=O)n(CC3(O)CCN(C)CC3)cnc2c(OC)c1OC. The molecule has 0 spiro atoms. The minimum absolute atomic E-state index is 0.208. The first-order chi connectivity index (χ1) is 12.4. The number of rotatable bonds is 5. The minimum atomic E-state index is -0.910. The average molecular weight is 363 g/mol. The Morgan fingerprint density at radius 3 is 2.38 bits per heavy atom. The molecular formula is C18H25N3O5. The lowest BCUT2D eigenvalue weighted by atomic mass is 9.91. The Kier molecular flexibility index (Phi) is 5.06. The van der Waals surface area contributed by atoms with Crippen molar-refractivity contribution in [3.05, 3.63) is 22.7 Å². The van der Waals surface area contributed by atoms with Crippen molar-refractivity contribution in [2.45, 2.75) is 25.0 Å². The van der Waals surface area contributed by atoms with Crippen LogP contribution in [0.4, 0.5) is 0 Å². The standard InChI is InChI=1S/C18H25N3O5/c1-20-7-5-18(23,6-8-20)10-21-11-19-14-12(17(21)22)9-13(24-2)15(25-3)16(14)26-4/h9,11,23H,5-8,10H2,1-4H3. The predicted octanol–water partition coefficient (Wildman–Crippen LogP) is 0.879. The molecule has 142 valence electrons.